The lowest BCUT2D eigenvalue weighted by atomic mass is 9.89. The van der Waals surface area contributed by atoms with Crippen LogP contribution >= 0.6 is 11.6 Å². The minimum Gasteiger partial charge on any atom is -0.491 e. The summed E-state index contributed by atoms with van der Waals surface area (Å²) in [5.74, 6) is -0.188. The Morgan fingerprint density at radius 1 is 0.869 bits per heavy atom. The molecule has 1 aliphatic rings. The lowest BCUT2D eigenvalue weighted by Crippen LogP contribution is -2.52. The van der Waals surface area contributed by atoms with Crippen molar-refractivity contribution in [2.45, 2.75) is 65.0 Å². The van der Waals surface area contributed by atoms with Crippen molar-refractivity contribution in [1.29, 1.82) is 5.26 Å². The lowest BCUT2D eigenvalue weighted by Gasteiger charge is -2.25. The number of aliphatic hydroxyl groups is 2. The van der Waals surface area contributed by atoms with E-state index in [-0.39, 0.29) is 43.3 Å². The number of aromatic nitrogens is 1. The second-order valence-electron chi connectivity index (χ2n) is 15.2. The van der Waals surface area contributed by atoms with Crippen molar-refractivity contribution < 1.29 is 39.1 Å². The zero-order valence-electron chi connectivity index (χ0n) is 34.4. The van der Waals surface area contributed by atoms with Crippen LogP contribution in [0.5, 0.6) is 17.2 Å². The van der Waals surface area contributed by atoms with Crippen molar-refractivity contribution >= 4 is 23.5 Å². The minimum absolute atomic E-state index is 0.00544. The first-order valence-electron chi connectivity index (χ1n) is 20.0. The third kappa shape index (κ3) is 11.2. The van der Waals surface area contributed by atoms with Gasteiger partial charge in [-0.25, -0.2) is 0 Å². The summed E-state index contributed by atoms with van der Waals surface area (Å²) < 4.78 is 18.6. The Bertz CT molecular complexity index is 2420. The third-order valence-corrected chi connectivity index (χ3v) is 10.9. The molecule has 0 aliphatic heterocycles. The fourth-order valence-electron chi connectivity index (χ4n) is 6.69. The maximum atomic E-state index is 13.4. The summed E-state index contributed by atoms with van der Waals surface area (Å²) in [5.41, 5.74) is 7.25. The maximum Gasteiger partial charge on any atom is 0.326 e. The summed E-state index contributed by atoms with van der Waals surface area (Å²) in [5, 5.41) is 47.3. The Hall–Kier alpha value is -6.01. The van der Waals surface area contributed by atoms with E-state index in [1.54, 1.807) is 24.4 Å². The summed E-state index contributed by atoms with van der Waals surface area (Å²) in [6, 6.07) is 25.0. The molecule has 14 heteroatoms. The van der Waals surface area contributed by atoms with E-state index in [1.807, 2.05) is 49.4 Å². The number of hydrogen-bond acceptors (Lipinski definition) is 11. The van der Waals surface area contributed by atoms with Gasteiger partial charge in [-0.05, 0) is 96.8 Å². The number of carboxylic acids is 1. The van der Waals surface area contributed by atoms with E-state index in [1.165, 1.54) is 13.1 Å². The molecule has 0 radical (unpaired) electrons. The molecular weight excluding hydrogens is 798 g/mol. The van der Waals surface area contributed by atoms with Crippen molar-refractivity contribution in [1.82, 2.24) is 20.9 Å². The summed E-state index contributed by atoms with van der Waals surface area (Å²) in [6.45, 7) is 6.45. The van der Waals surface area contributed by atoms with Crippen LogP contribution < -0.4 is 30.2 Å². The van der Waals surface area contributed by atoms with Crippen LogP contribution in [0.4, 0.5) is 0 Å². The van der Waals surface area contributed by atoms with Crippen LogP contribution in [0.3, 0.4) is 0 Å². The van der Waals surface area contributed by atoms with Crippen molar-refractivity contribution in [2.24, 2.45) is 0 Å². The summed E-state index contributed by atoms with van der Waals surface area (Å²) in [6.07, 6.45) is 4.97. The maximum absolute atomic E-state index is 13.4. The Labute approximate surface area is 360 Å². The molecule has 1 fully saturated rings. The lowest BCUT2D eigenvalue weighted by molar-refractivity contribution is -0.145. The molecule has 1 atom stereocenters. The molecule has 6 N–H and O–H groups in total. The van der Waals surface area contributed by atoms with Gasteiger partial charge in [0.1, 0.15) is 48.7 Å². The number of benzene rings is 4. The average Bonchev–Trinajstić information content (AvgIpc) is 4.09. The number of aliphatic carboxylic acids is 1. The fraction of sp³-hybridized carbons (Fsp3) is 0.319. The number of ether oxygens (including phenoxy) is 3. The van der Waals surface area contributed by atoms with Gasteiger partial charge in [-0.3, -0.25) is 19.9 Å². The molecule has 1 saturated carbocycles. The Balaban J connectivity index is 1.25. The van der Waals surface area contributed by atoms with E-state index in [4.69, 9.17) is 30.9 Å². The van der Waals surface area contributed by atoms with Crippen LogP contribution in [0.25, 0.3) is 22.3 Å². The molecule has 4 aromatic carbocycles. The van der Waals surface area contributed by atoms with E-state index in [0.717, 1.165) is 51.8 Å². The summed E-state index contributed by atoms with van der Waals surface area (Å²) in [4.78, 5) is 29.4. The van der Waals surface area contributed by atoms with E-state index >= 15 is 0 Å². The van der Waals surface area contributed by atoms with Crippen LogP contribution in [0.2, 0.25) is 5.02 Å². The number of carbonyl (C=O) groups excluding carboxylic acids is 1. The SMILES string of the molecule is Cc1c(COc2cc(OCc3cncc(C#N)c3)c(CN[C@@](C)(CO)C(=O)O)cc2Cl)cccc1-c1cccc(-c2ccc(OCCNCCO)c(C(=O)NC3CC3)c2)c1C. The molecule has 1 aromatic heterocycles. The number of carbonyl (C=O) groups is 2. The van der Waals surface area contributed by atoms with E-state index in [2.05, 4.69) is 46.1 Å². The van der Waals surface area contributed by atoms with E-state index < -0.39 is 18.1 Å². The molecule has 1 aliphatic carbocycles. The minimum atomic E-state index is -1.61. The molecule has 5 aromatic rings. The molecule has 1 amide bonds. The van der Waals surface area contributed by atoms with Crippen LogP contribution in [0.1, 0.15) is 63.5 Å². The normalized spacial score (nSPS) is 13.2. The molecule has 61 heavy (non-hydrogen) atoms. The van der Waals surface area contributed by atoms with Gasteiger partial charge in [0.2, 0.25) is 0 Å². The first-order chi connectivity index (χ1) is 29.4. The monoisotopic (exact) mass is 847 g/mol. The first kappa shape index (κ1) is 44.5. The molecule has 1 heterocycles. The quantitative estimate of drug-likeness (QED) is 0.0440. The number of nitrogens with zero attached hydrogens (tertiary/aromatic N) is 2. The zero-order valence-corrected chi connectivity index (χ0v) is 35.1. The van der Waals surface area contributed by atoms with Crippen molar-refractivity contribution in [3.05, 3.63) is 129 Å². The van der Waals surface area contributed by atoms with Crippen LogP contribution in [-0.4, -0.2) is 76.7 Å². The Kier molecular flexibility index (Phi) is 15.0. The smallest absolute Gasteiger partial charge is 0.326 e. The first-order valence-corrected chi connectivity index (χ1v) is 20.4. The van der Waals surface area contributed by atoms with Gasteiger partial charge in [0.25, 0.3) is 5.91 Å². The summed E-state index contributed by atoms with van der Waals surface area (Å²) in [7, 11) is 0. The number of hydrogen-bond donors (Lipinski definition) is 6. The van der Waals surface area contributed by atoms with E-state index in [0.29, 0.717) is 59.2 Å². The predicted molar refractivity (Wildman–Crippen MR) is 232 cm³/mol. The molecule has 0 spiro atoms. The second-order valence-corrected chi connectivity index (χ2v) is 15.6. The summed E-state index contributed by atoms with van der Waals surface area (Å²) >= 11 is 6.78. The van der Waals surface area contributed by atoms with Crippen LogP contribution in [0, 0.1) is 25.2 Å². The van der Waals surface area contributed by atoms with Gasteiger partial charge in [-0.2, -0.15) is 5.26 Å². The van der Waals surface area contributed by atoms with Gasteiger partial charge in [-0.1, -0.05) is 54.1 Å². The molecule has 0 unspecified atom stereocenters. The number of aliphatic hydroxyl groups excluding tert-OH is 2. The standard InChI is InChI=1S/C47H50ClN5O8/c1-29-34(27-61-44-21-43(60-26-32-18-31(22-49)23-51-24-32)35(20-41(44)48)25-52-47(3,28-55)46(57)58)6-4-8-38(29)39-9-5-7-37(30(39)2)33-10-13-42(59-17-15-50-14-16-54)40(19-33)45(56)53-36-11-12-36/h4-10,13,18-21,23-24,36,50,52,54-55H,11-12,14-17,25-28H2,1-3H3,(H,53,56)(H,57,58)/t47-/m0/s1. The fourth-order valence-corrected chi connectivity index (χ4v) is 6.93. The zero-order chi connectivity index (χ0) is 43.5. The number of amides is 1. The Morgan fingerprint density at radius 2 is 1.61 bits per heavy atom. The number of carboxylic acid groups (broad SMARTS) is 1. The van der Waals surface area contributed by atoms with Gasteiger partial charge in [0.15, 0.2) is 0 Å². The van der Waals surface area contributed by atoms with Gasteiger partial charge in [0.05, 0.1) is 29.4 Å². The predicted octanol–water partition coefficient (Wildman–Crippen LogP) is 6.49. The number of pyridine rings is 1. The molecule has 13 nitrogen and oxygen atoms in total. The third-order valence-electron chi connectivity index (χ3n) is 10.6. The average molecular weight is 848 g/mol. The van der Waals surface area contributed by atoms with Crippen molar-refractivity contribution in [3.8, 4) is 45.6 Å². The van der Waals surface area contributed by atoms with Crippen LogP contribution in [0.15, 0.2) is 85.2 Å². The van der Waals surface area contributed by atoms with Gasteiger partial charge in [-0.15, -0.1) is 0 Å². The molecule has 0 saturated heterocycles. The number of rotatable bonds is 21. The topological polar surface area (TPSA) is 195 Å². The van der Waals surface area contributed by atoms with Gasteiger partial charge >= 0.3 is 5.97 Å². The van der Waals surface area contributed by atoms with Crippen molar-refractivity contribution in [3.63, 3.8) is 0 Å². The highest BCUT2D eigenvalue weighted by molar-refractivity contribution is 6.32. The van der Waals surface area contributed by atoms with E-state index in [9.17, 15) is 25.1 Å². The largest absolute Gasteiger partial charge is 0.491 e. The Morgan fingerprint density at radius 3 is 2.33 bits per heavy atom. The molecular formula is C47H50ClN5O8. The number of nitrogens with one attached hydrogen (secondary N) is 3. The number of nitriles is 1. The van der Waals surface area contributed by atoms with Crippen molar-refractivity contribution in [2.75, 3.05) is 32.9 Å². The highest BCUT2D eigenvalue weighted by atomic mass is 35.5. The van der Waals surface area contributed by atoms with Crippen LogP contribution in [-0.2, 0) is 24.6 Å². The van der Waals surface area contributed by atoms with Gasteiger partial charge < -0.3 is 40.2 Å². The highest BCUT2D eigenvalue weighted by Crippen LogP contribution is 2.38. The molecule has 6 rings (SSSR count). The number of halogens is 1. The molecule has 0 bridgehead atoms. The highest BCUT2D eigenvalue weighted by Gasteiger charge is 2.32. The molecule has 318 valence electrons. The van der Waals surface area contributed by atoms with Gasteiger partial charge in [0, 0.05) is 55.3 Å². The second kappa shape index (κ2) is 20.5.